The number of hydrogen-bond acceptors (Lipinski definition) is 4. The van der Waals surface area contributed by atoms with Crippen LogP contribution in [0.5, 0.6) is 11.5 Å². The number of pyridine rings is 1. The van der Waals surface area contributed by atoms with Gasteiger partial charge in [0, 0.05) is 17.9 Å². The van der Waals surface area contributed by atoms with Crippen LogP contribution in [-0.2, 0) is 4.74 Å². The molecular formula is C13H14INO3. The lowest BCUT2D eigenvalue weighted by atomic mass is 10.1. The third-order valence-corrected chi connectivity index (χ3v) is 3.41. The number of halogens is 1. The third kappa shape index (κ3) is 2.84. The number of aromatic nitrogens is 1. The van der Waals surface area contributed by atoms with Crippen molar-refractivity contribution in [2.24, 2.45) is 0 Å². The van der Waals surface area contributed by atoms with Crippen molar-refractivity contribution in [3.8, 4) is 11.5 Å². The molecule has 18 heavy (non-hydrogen) atoms. The number of ether oxygens (including phenoxy) is 3. The number of rotatable bonds is 5. The summed E-state index contributed by atoms with van der Waals surface area (Å²) in [6, 6.07) is 5.87. The molecule has 5 heteroatoms. The SMILES string of the molecule is COCCOc1cnc(I)c2ccc(OC)cc12. The normalized spacial score (nSPS) is 10.6. The van der Waals surface area contributed by atoms with Crippen LogP contribution in [-0.4, -0.2) is 32.4 Å². The van der Waals surface area contributed by atoms with Gasteiger partial charge in [0.25, 0.3) is 0 Å². The number of hydrogen-bond donors (Lipinski definition) is 0. The smallest absolute Gasteiger partial charge is 0.145 e. The number of nitrogens with zero attached hydrogens (tertiary/aromatic N) is 1. The minimum atomic E-state index is 0.505. The lowest BCUT2D eigenvalue weighted by Crippen LogP contribution is -2.05. The Bertz CT molecular complexity index is 545. The standard InChI is InChI=1S/C13H14INO3/c1-16-5-6-18-12-8-15-13(14)10-4-3-9(17-2)7-11(10)12/h3-4,7-8H,5-6H2,1-2H3. The van der Waals surface area contributed by atoms with Crippen LogP contribution in [0.15, 0.2) is 24.4 Å². The maximum atomic E-state index is 5.67. The maximum Gasteiger partial charge on any atom is 0.145 e. The fraction of sp³-hybridized carbons (Fsp3) is 0.308. The largest absolute Gasteiger partial charge is 0.497 e. The first-order chi connectivity index (χ1) is 8.76. The molecule has 0 unspecified atom stereocenters. The summed E-state index contributed by atoms with van der Waals surface area (Å²) in [6.07, 6.45) is 1.74. The van der Waals surface area contributed by atoms with Crippen molar-refractivity contribution in [1.29, 1.82) is 0 Å². The van der Waals surface area contributed by atoms with Gasteiger partial charge in [-0.3, -0.25) is 0 Å². The molecule has 96 valence electrons. The Morgan fingerprint density at radius 3 is 2.72 bits per heavy atom. The molecule has 4 nitrogen and oxygen atoms in total. The van der Waals surface area contributed by atoms with Crippen LogP contribution in [0.25, 0.3) is 10.8 Å². The van der Waals surface area contributed by atoms with E-state index in [1.54, 1.807) is 20.4 Å². The Morgan fingerprint density at radius 2 is 2.00 bits per heavy atom. The average Bonchev–Trinajstić information content (AvgIpc) is 2.41. The van der Waals surface area contributed by atoms with E-state index in [0.29, 0.717) is 13.2 Å². The molecule has 1 aromatic heterocycles. The van der Waals surface area contributed by atoms with Crippen LogP contribution in [0.3, 0.4) is 0 Å². The number of methoxy groups -OCH3 is 2. The molecule has 2 aromatic rings. The molecule has 0 saturated carbocycles. The molecule has 0 aliphatic rings. The molecule has 0 aliphatic heterocycles. The average molecular weight is 359 g/mol. The van der Waals surface area contributed by atoms with Gasteiger partial charge >= 0.3 is 0 Å². The summed E-state index contributed by atoms with van der Waals surface area (Å²) in [6.45, 7) is 1.06. The third-order valence-electron chi connectivity index (χ3n) is 2.55. The Balaban J connectivity index is 2.42. The quantitative estimate of drug-likeness (QED) is 0.468. The lowest BCUT2D eigenvalue weighted by Gasteiger charge is -2.10. The van der Waals surface area contributed by atoms with Crippen molar-refractivity contribution in [2.45, 2.75) is 0 Å². The molecule has 0 saturated heterocycles. The first-order valence-electron chi connectivity index (χ1n) is 5.50. The summed E-state index contributed by atoms with van der Waals surface area (Å²) in [4.78, 5) is 4.32. The lowest BCUT2D eigenvalue weighted by molar-refractivity contribution is 0.147. The van der Waals surface area contributed by atoms with E-state index < -0.39 is 0 Å². The zero-order chi connectivity index (χ0) is 13.0. The zero-order valence-corrected chi connectivity index (χ0v) is 12.4. The van der Waals surface area contributed by atoms with Crippen molar-refractivity contribution in [1.82, 2.24) is 4.98 Å². The summed E-state index contributed by atoms with van der Waals surface area (Å²) in [5, 5.41) is 2.07. The molecule has 0 atom stereocenters. The molecule has 0 aliphatic carbocycles. The van der Waals surface area contributed by atoms with Crippen molar-refractivity contribution < 1.29 is 14.2 Å². The van der Waals surface area contributed by atoms with E-state index in [-0.39, 0.29) is 0 Å². The van der Waals surface area contributed by atoms with E-state index in [9.17, 15) is 0 Å². The topological polar surface area (TPSA) is 40.6 Å². The van der Waals surface area contributed by atoms with Crippen LogP contribution in [0.4, 0.5) is 0 Å². The highest BCUT2D eigenvalue weighted by Crippen LogP contribution is 2.30. The minimum absolute atomic E-state index is 0.505. The molecule has 0 N–H and O–H groups in total. The molecular weight excluding hydrogens is 345 g/mol. The second-order valence-electron chi connectivity index (χ2n) is 3.67. The van der Waals surface area contributed by atoms with E-state index >= 15 is 0 Å². The second kappa shape index (κ2) is 6.19. The first kappa shape index (κ1) is 13.4. The van der Waals surface area contributed by atoms with E-state index in [4.69, 9.17) is 14.2 Å². The van der Waals surface area contributed by atoms with E-state index in [1.165, 1.54) is 0 Å². The Hall–Kier alpha value is -1.08. The highest BCUT2D eigenvalue weighted by molar-refractivity contribution is 14.1. The van der Waals surface area contributed by atoms with E-state index in [1.807, 2.05) is 18.2 Å². The predicted molar refractivity (Wildman–Crippen MR) is 78.4 cm³/mol. The maximum absolute atomic E-state index is 5.67. The van der Waals surface area contributed by atoms with Crippen LogP contribution in [0.2, 0.25) is 0 Å². The monoisotopic (exact) mass is 359 g/mol. The van der Waals surface area contributed by atoms with Gasteiger partial charge in [0.1, 0.15) is 21.8 Å². The summed E-state index contributed by atoms with van der Waals surface area (Å²) < 4.78 is 16.8. The van der Waals surface area contributed by atoms with Crippen LogP contribution in [0, 0.1) is 3.70 Å². The highest BCUT2D eigenvalue weighted by Gasteiger charge is 2.08. The molecule has 0 fully saturated rings. The molecule has 0 amide bonds. The van der Waals surface area contributed by atoms with Gasteiger partial charge in [-0.15, -0.1) is 0 Å². The van der Waals surface area contributed by atoms with Gasteiger partial charge in [-0.1, -0.05) is 0 Å². The van der Waals surface area contributed by atoms with Gasteiger partial charge in [0.05, 0.1) is 19.9 Å². The Morgan fingerprint density at radius 1 is 1.17 bits per heavy atom. The van der Waals surface area contributed by atoms with Crippen molar-refractivity contribution in [3.63, 3.8) is 0 Å². The van der Waals surface area contributed by atoms with Gasteiger partial charge in [0.15, 0.2) is 0 Å². The van der Waals surface area contributed by atoms with Gasteiger partial charge in [0.2, 0.25) is 0 Å². The number of fused-ring (bicyclic) bond motifs is 1. The molecule has 0 bridgehead atoms. The van der Waals surface area contributed by atoms with Crippen molar-refractivity contribution in [2.75, 3.05) is 27.4 Å². The fourth-order valence-corrected chi connectivity index (χ4v) is 2.25. The summed E-state index contributed by atoms with van der Waals surface area (Å²) in [5.41, 5.74) is 0. The van der Waals surface area contributed by atoms with Crippen molar-refractivity contribution >= 4 is 33.4 Å². The minimum Gasteiger partial charge on any atom is -0.497 e. The summed E-state index contributed by atoms with van der Waals surface area (Å²) in [5.74, 6) is 1.56. The predicted octanol–water partition coefficient (Wildman–Crippen LogP) is 2.87. The van der Waals surface area contributed by atoms with Gasteiger partial charge in [-0.2, -0.15) is 0 Å². The Kier molecular flexibility index (Phi) is 4.60. The van der Waals surface area contributed by atoms with Crippen molar-refractivity contribution in [3.05, 3.63) is 28.1 Å². The van der Waals surface area contributed by atoms with E-state index in [2.05, 4.69) is 27.6 Å². The summed E-state index contributed by atoms with van der Waals surface area (Å²) in [7, 11) is 3.30. The fourth-order valence-electron chi connectivity index (χ4n) is 1.64. The molecule has 1 heterocycles. The van der Waals surface area contributed by atoms with E-state index in [0.717, 1.165) is 26.0 Å². The Labute approximate surface area is 119 Å². The van der Waals surface area contributed by atoms with Gasteiger partial charge < -0.3 is 14.2 Å². The van der Waals surface area contributed by atoms with Crippen LogP contribution in [0.1, 0.15) is 0 Å². The molecule has 2 rings (SSSR count). The van der Waals surface area contributed by atoms with Gasteiger partial charge in [-0.25, -0.2) is 4.98 Å². The second-order valence-corrected chi connectivity index (χ2v) is 4.69. The highest BCUT2D eigenvalue weighted by atomic mass is 127. The first-order valence-corrected chi connectivity index (χ1v) is 6.58. The molecule has 1 aromatic carbocycles. The number of benzene rings is 1. The summed E-state index contributed by atoms with van der Waals surface area (Å²) >= 11 is 2.21. The van der Waals surface area contributed by atoms with Crippen LogP contribution < -0.4 is 9.47 Å². The molecule has 0 radical (unpaired) electrons. The zero-order valence-electron chi connectivity index (χ0n) is 10.3. The van der Waals surface area contributed by atoms with Crippen LogP contribution >= 0.6 is 22.6 Å². The van der Waals surface area contributed by atoms with Gasteiger partial charge in [-0.05, 0) is 40.8 Å². The molecule has 0 spiro atoms.